The molecule has 1 aromatic rings. The van der Waals surface area contributed by atoms with E-state index < -0.39 is 5.91 Å². The average Bonchev–Trinajstić information content (AvgIpc) is 2.17. The van der Waals surface area contributed by atoms with Crippen LogP contribution < -0.4 is 10.5 Å². The van der Waals surface area contributed by atoms with Crippen LogP contribution in [0.1, 0.15) is 22.3 Å². The van der Waals surface area contributed by atoms with Gasteiger partial charge in [0.1, 0.15) is 5.75 Å². The maximum absolute atomic E-state index is 11.0. The number of amides is 1. The molecule has 0 aliphatic carbocycles. The van der Waals surface area contributed by atoms with E-state index in [-0.39, 0.29) is 0 Å². The second-order valence-electron chi connectivity index (χ2n) is 3.11. The van der Waals surface area contributed by atoms with Gasteiger partial charge in [0.2, 0.25) is 0 Å². The second-order valence-corrected chi connectivity index (χ2v) is 3.11. The fraction of sp³-hybridized carbons (Fsp3) is 0.300. The van der Waals surface area contributed by atoms with E-state index in [4.69, 9.17) is 10.5 Å². The molecule has 68 valence electrons. The lowest BCUT2D eigenvalue weighted by atomic mass is 10.0. The van der Waals surface area contributed by atoms with Crippen molar-refractivity contribution in [3.05, 3.63) is 29.3 Å². The van der Waals surface area contributed by atoms with Crippen molar-refractivity contribution in [3.8, 4) is 5.75 Å². The van der Waals surface area contributed by atoms with Crippen LogP contribution in [0, 0.1) is 0 Å². The predicted molar refractivity (Wildman–Crippen MR) is 48.8 cm³/mol. The Morgan fingerprint density at radius 2 is 2.31 bits per heavy atom. The van der Waals surface area contributed by atoms with Gasteiger partial charge in [-0.1, -0.05) is 12.1 Å². The van der Waals surface area contributed by atoms with E-state index in [1.165, 1.54) is 0 Å². The van der Waals surface area contributed by atoms with Crippen LogP contribution in [0.3, 0.4) is 0 Å². The minimum atomic E-state index is -0.418. The highest BCUT2D eigenvalue weighted by molar-refractivity contribution is 5.96. The van der Waals surface area contributed by atoms with E-state index in [1.54, 1.807) is 6.07 Å². The topological polar surface area (TPSA) is 52.3 Å². The number of benzene rings is 1. The van der Waals surface area contributed by atoms with Gasteiger partial charge in [0, 0.05) is 0 Å². The van der Waals surface area contributed by atoms with Crippen molar-refractivity contribution in [1.29, 1.82) is 0 Å². The zero-order chi connectivity index (χ0) is 9.26. The van der Waals surface area contributed by atoms with Crippen LogP contribution in [-0.4, -0.2) is 12.5 Å². The van der Waals surface area contributed by atoms with Crippen molar-refractivity contribution >= 4 is 5.91 Å². The molecule has 1 aliphatic heterocycles. The summed E-state index contributed by atoms with van der Waals surface area (Å²) in [6.45, 7) is 0.678. The number of hydrogen-bond acceptors (Lipinski definition) is 2. The third-order valence-electron chi connectivity index (χ3n) is 2.20. The molecule has 0 atom stereocenters. The zero-order valence-electron chi connectivity index (χ0n) is 7.25. The van der Waals surface area contributed by atoms with Crippen LogP contribution in [0.5, 0.6) is 5.75 Å². The van der Waals surface area contributed by atoms with E-state index in [9.17, 15) is 4.79 Å². The number of primary amides is 1. The molecule has 2 N–H and O–H groups in total. The van der Waals surface area contributed by atoms with Crippen LogP contribution in [0.25, 0.3) is 0 Å². The van der Waals surface area contributed by atoms with Gasteiger partial charge < -0.3 is 10.5 Å². The van der Waals surface area contributed by atoms with E-state index in [0.717, 1.165) is 18.4 Å². The van der Waals surface area contributed by atoms with Crippen molar-refractivity contribution in [3.63, 3.8) is 0 Å². The molecule has 0 radical (unpaired) electrons. The normalized spacial score (nSPS) is 14.5. The lowest BCUT2D eigenvalue weighted by Gasteiger charge is -2.18. The van der Waals surface area contributed by atoms with Crippen molar-refractivity contribution in [2.75, 3.05) is 6.61 Å². The molecule has 0 fully saturated rings. The Labute approximate surface area is 76.5 Å². The second kappa shape index (κ2) is 3.09. The maximum atomic E-state index is 11.0. The molecule has 0 aromatic heterocycles. The van der Waals surface area contributed by atoms with Crippen LogP contribution in [0.2, 0.25) is 0 Å². The van der Waals surface area contributed by atoms with Crippen molar-refractivity contribution in [2.45, 2.75) is 12.8 Å². The number of rotatable bonds is 1. The lowest BCUT2D eigenvalue weighted by molar-refractivity contribution is 0.0995. The predicted octanol–water partition coefficient (Wildman–Crippen LogP) is 1.11. The number of para-hydroxylation sites is 1. The molecule has 13 heavy (non-hydrogen) atoms. The molecule has 1 amide bonds. The number of nitrogens with two attached hydrogens (primary N) is 1. The average molecular weight is 177 g/mol. The van der Waals surface area contributed by atoms with Crippen molar-refractivity contribution in [1.82, 2.24) is 0 Å². The molecule has 0 saturated carbocycles. The lowest BCUT2D eigenvalue weighted by Crippen LogP contribution is -2.17. The van der Waals surface area contributed by atoms with Gasteiger partial charge in [-0.2, -0.15) is 0 Å². The number of carbonyl (C=O) groups is 1. The first-order valence-electron chi connectivity index (χ1n) is 4.33. The Bertz CT molecular complexity index is 347. The first-order chi connectivity index (χ1) is 6.29. The molecule has 0 spiro atoms. The van der Waals surface area contributed by atoms with E-state index >= 15 is 0 Å². The summed E-state index contributed by atoms with van der Waals surface area (Å²) in [6, 6.07) is 5.51. The van der Waals surface area contributed by atoms with Gasteiger partial charge >= 0.3 is 0 Å². The Morgan fingerprint density at radius 1 is 1.46 bits per heavy atom. The third-order valence-corrected chi connectivity index (χ3v) is 2.20. The molecule has 1 aromatic carbocycles. The van der Waals surface area contributed by atoms with Gasteiger partial charge in [-0.3, -0.25) is 4.79 Å². The summed E-state index contributed by atoms with van der Waals surface area (Å²) in [5.41, 5.74) is 6.80. The number of ether oxygens (including phenoxy) is 1. The minimum Gasteiger partial charge on any atom is -0.492 e. The Balaban J connectivity index is 2.52. The Morgan fingerprint density at radius 3 is 3.08 bits per heavy atom. The van der Waals surface area contributed by atoms with Gasteiger partial charge in [-0.05, 0) is 24.5 Å². The minimum absolute atomic E-state index is 0.418. The molecular weight excluding hydrogens is 166 g/mol. The number of hydrogen-bond donors (Lipinski definition) is 1. The van der Waals surface area contributed by atoms with E-state index in [2.05, 4.69) is 0 Å². The highest BCUT2D eigenvalue weighted by Crippen LogP contribution is 2.28. The maximum Gasteiger partial charge on any atom is 0.252 e. The zero-order valence-corrected chi connectivity index (χ0v) is 7.25. The van der Waals surface area contributed by atoms with Gasteiger partial charge in [-0.15, -0.1) is 0 Å². The highest BCUT2D eigenvalue weighted by Gasteiger charge is 2.16. The molecule has 0 bridgehead atoms. The summed E-state index contributed by atoms with van der Waals surface area (Å²) >= 11 is 0. The Hall–Kier alpha value is -1.51. The van der Waals surface area contributed by atoms with Crippen LogP contribution in [0.4, 0.5) is 0 Å². The largest absolute Gasteiger partial charge is 0.492 e. The first kappa shape index (κ1) is 8.10. The summed E-state index contributed by atoms with van der Waals surface area (Å²) in [6.07, 6.45) is 1.98. The molecular formula is C10H11NO2. The molecule has 1 heterocycles. The van der Waals surface area contributed by atoms with Gasteiger partial charge in [0.25, 0.3) is 5.91 Å². The molecule has 0 saturated heterocycles. The first-order valence-corrected chi connectivity index (χ1v) is 4.33. The fourth-order valence-electron chi connectivity index (χ4n) is 1.58. The van der Waals surface area contributed by atoms with Crippen LogP contribution in [0.15, 0.2) is 18.2 Å². The SMILES string of the molecule is NC(=O)c1cccc2c1OCCC2. The van der Waals surface area contributed by atoms with Gasteiger partial charge in [-0.25, -0.2) is 0 Å². The summed E-state index contributed by atoms with van der Waals surface area (Å²) in [5.74, 6) is 0.264. The van der Waals surface area contributed by atoms with Gasteiger partial charge in [0.15, 0.2) is 0 Å². The molecule has 1 aliphatic rings. The van der Waals surface area contributed by atoms with Crippen molar-refractivity contribution < 1.29 is 9.53 Å². The number of carbonyl (C=O) groups excluding carboxylic acids is 1. The van der Waals surface area contributed by atoms with Crippen molar-refractivity contribution in [2.24, 2.45) is 5.73 Å². The third kappa shape index (κ3) is 1.37. The fourth-order valence-corrected chi connectivity index (χ4v) is 1.58. The van der Waals surface area contributed by atoms with E-state index in [1.807, 2.05) is 12.1 Å². The Kier molecular flexibility index (Phi) is 1.93. The number of fused-ring (bicyclic) bond motifs is 1. The standard InChI is InChI=1S/C10H11NO2/c11-10(12)8-5-1-3-7-4-2-6-13-9(7)8/h1,3,5H,2,4,6H2,(H2,11,12). The number of aryl methyl sites for hydroxylation is 1. The molecule has 3 heteroatoms. The summed E-state index contributed by atoms with van der Waals surface area (Å²) in [4.78, 5) is 11.0. The molecule has 0 unspecified atom stereocenters. The smallest absolute Gasteiger partial charge is 0.252 e. The summed E-state index contributed by atoms with van der Waals surface area (Å²) in [5, 5.41) is 0. The highest BCUT2D eigenvalue weighted by atomic mass is 16.5. The molecule has 2 rings (SSSR count). The van der Waals surface area contributed by atoms with Crippen LogP contribution >= 0.6 is 0 Å². The molecule has 3 nitrogen and oxygen atoms in total. The van der Waals surface area contributed by atoms with E-state index in [0.29, 0.717) is 17.9 Å². The quantitative estimate of drug-likeness (QED) is 0.698. The van der Waals surface area contributed by atoms with Gasteiger partial charge in [0.05, 0.1) is 12.2 Å². The summed E-state index contributed by atoms with van der Waals surface area (Å²) < 4.78 is 5.42. The summed E-state index contributed by atoms with van der Waals surface area (Å²) in [7, 11) is 0. The van der Waals surface area contributed by atoms with Crippen LogP contribution in [-0.2, 0) is 6.42 Å². The monoisotopic (exact) mass is 177 g/mol.